The third kappa shape index (κ3) is 5.99. The molecule has 1 aromatic heterocycles. The van der Waals surface area contributed by atoms with Gasteiger partial charge in [-0.3, -0.25) is 4.79 Å². The van der Waals surface area contributed by atoms with Gasteiger partial charge in [-0.15, -0.1) is 11.3 Å². The molecule has 1 aliphatic rings. The second kappa shape index (κ2) is 12.3. The number of benzene rings is 1. The molecule has 1 unspecified atom stereocenters. The maximum Gasteiger partial charge on any atom is 0.350 e. The van der Waals surface area contributed by atoms with Crippen molar-refractivity contribution in [2.75, 3.05) is 32.6 Å². The van der Waals surface area contributed by atoms with Crippen molar-refractivity contribution in [3.05, 3.63) is 45.6 Å². The zero-order valence-corrected chi connectivity index (χ0v) is 23.1. The van der Waals surface area contributed by atoms with E-state index in [1.54, 1.807) is 7.11 Å². The number of piperidine rings is 1. The smallest absolute Gasteiger partial charge is 0.350 e. The van der Waals surface area contributed by atoms with Crippen LogP contribution < -0.4 is 10.1 Å². The van der Waals surface area contributed by atoms with Crippen LogP contribution in [0.25, 0.3) is 0 Å². The fraction of sp³-hybridized carbons (Fsp3) is 0.500. The van der Waals surface area contributed by atoms with Gasteiger partial charge in [0.15, 0.2) is 6.04 Å². The molecule has 32 heavy (non-hydrogen) atoms. The number of hydrogen-bond acceptors (Lipinski definition) is 5. The van der Waals surface area contributed by atoms with Crippen molar-refractivity contribution in [1.29, 1.82) is 0 Å². The van der Waals surface area contributed by atoms with Crippen LogP contribution in [-0.4, -0.2) is 49.7 Å². The Morgan fingerprint density at radius 3 is 2.53 bits per heavy atom. The van der Waals surface area contributed by atoms with E-state index in [9.17, 15) is 9.59 Å². The summed E-state index contributed by atoms with van der Waals surface area (Å²) in [6.45, 7) is 6.70. The Morgan fingerprint density at radius 1 is 1.19 bits per heavy atom. The molecule has 1 fully saturated rings. The van der Waals surface area contributed by atoms with Crippen LogP contribution in [0.15, 0.2) is 29.6 Å². The van der Waals surface area contributed by atoms with Crippen LogP contribution in [0.3, 0.4) is 0 Å². The monoisotopic (exact) mass is 534 g/mol. The molecule has 1 radical (unpaired) electrons. The number of carbonyl (C=O) groups excluding carboxylic acids is 2. The Labute approximate surface area is 220 Å². The van der Waals surface area contributed by atoms with Crippen LogP contribution in [0.1, 0.15) is 53.4 Å². The Hall–Kier alpha value is -1.28. The molecule has 1 saturated heterocycles. The predicted octanol–water partition coefficient (Wildman–Crippen LogP) is 4.77. The largest absolute Gasteiger partial charge is 0.497 e. The van der Waals surface area contributed by atoms with Crippen LogP contribution in [0.5, 0.6) is 5.75 Å². The quantitative estimate of drug-likeness (QED) is 0.392. The summed E-state index contributed by atoms with van der Waals surface area (Å²) in [6.07, 6.45) is 4.15. The average Bonchev–Trinajstić information content (AvgIpc) is 3.14. The first kappa shape index (κ1) is 27.0. The molecule has 2 aromatic rings. The first-order chi connectivity index (χ1) is 14.9. The van der Waals surface area contributed by atoms with E-state index in [-0.39, 0.29) is 44.7 Å². The van der Waals surface area contributed by atoms with Crippen molar-refractivity contribution in [2.45, 2.75) is 52.1 Å². The van der Waals surface area contributed by atoms with E-state index in [0.29, 0.717) is 10.6 Å². The minimum atomic E-state index is -0.417. The van der Waals surface area contributed by atoms with E-state index in [4.69, 9.17) is 9.47 Å². The van der Waals surface area contributed by atoms with Crippen molar-refractivity contribution in [3.63, 3.8) is 0 Å². The molecule has 0 aliphatic carbocycles. The number of quaternary nitrogens is 1. The number of rotatable bonds is 8. The number of carbonyl (C=O) groups is 2. The molecule has 0 spiro atoms. The molecule has 0 bridgehead atoms. The van der Waals surface area contributed by atoms with Gasteiger partial charge in [-0.05, 0) is 49.3 Å². The summed E-state index contributed by atoms with van der Waals surface area (Å²) in [7, 11) is 3.04. The standard InChI is InChI=1S/C24H32N2O4S.Y/c1-5-20(23(27)25-21-17(2)16-31-22(21)24(28)30-4)26(12-7-6-8-13-26)15-18-10-9-11-19(14-18)29-3;/h9-11,14,16,20H,5-8,12-13,15H2,1-4H3;/p+1. The second-order valence-corrected chi connectivity index (χ2v) is 9.14. The summed E-state index contributed by atoms with van der Waals surface area (Å²) in [5, 5.41) is 4.97. The number of esters is 1. The number of amides is 1. The summed E-state index contributed by atoms with van der Waals surface area (Å²) >= 11 is 1.30. The number of hydrogen-bond donors (Lipinski definition) is 1. The molecular weight excluding hydrogens is 501 g/mol. The molecule has 6 nitrogen and oxygen atoms in total. The zero-order valence-electron chi connectivity index (χ0n) is 19.5. The molecule has 1 aliphatic heterocycles. The van der Waals surface area contributed by atoms with Crippen LogP contribution >= 0.6 is 11.3 Å². The minimum absolute atomic E-state index is 0. The van der Waals surface area contributed by atoms with Crippen molar-refractivity contribution < 1.29 is 56.3 Å². The van der Waals surface area contributed by atoms with Crippen LogP contribution in [0.2, 0.25) is 0 Å². The van der Waals surface area contributed by atoms with Gasteiger partial charge in [0.1, 0.15) is 17.2 Å². The fourth-order valence-electron chi connectivity index (χ4n) is 4.73. The molecule has 171 valence electrons. The Balaban J connectivity index is 0.00000363. The van der Waals surface area contributed by atoms with Crippen molar-refractivity contribution >= 4 is 28.9 Å². The van der Waals surface area contributed by atoms with Crippen LogP contribution in [0, 0.1) is 6.92 Å². The van der Waals surface area contributed by atoms with Gasteiger partial charge in [0.2, 0.25) is 0 Å². The van der Waals surface area contributed by atoms with Gasteiger partial charge >= 0.3 is 5.97 Å². The maximum absolute atomic E-state index is 13.6. The molecule has 0 saturated carbocycles. The van der Waals surface area contributed by atoms with E-state index < -0.39 is 5.97 Å². The van der Waals surface area contributed by atoms with Crippen LogP contribution in [-0.2, 0) is 48.8 Å². The predicted molar refractivity (Wildman–Crippen MR) is 124 cm³/mol. The first-order valence-electron chi connectivity index (χ1n) is 10.9. The summed E-state index contributed by atoms with van der Waals surface area (Å²) < 4.78 is 11.0. The number of likely N-dealkylation sites (tertiary alicyclic amines) is 1. The number of nitrogens with zero attached hydrogens (tertiary/aromatic N) is 1. The van der Waals surface area contributed by atoms with Crippen molar-refractivity contribution in [1.82, 2.24) is 0 Å². The van der Waals surface area contributed by atoms with Crippen LogP contribution in [0.4, 0.5) is 5.69 Å². The molecule has 1 aromatic carbocycles. The zero-order chi connectivity index (χ0) is 22.4. The first-order valence-corrected chi connectivity index (χ1v) is 11.8. The topological polar surface area (TPSA) is 64.6 Å². The number of aryl methyl sites for hydroxylation is 1. The number of ether oxygens (including phenoxy) is 2. The molecule has 8 heteroatoms. The van der Waals surface area contributed by atoms with Gasteiger partial charge in [-0.25, -0.2) is 4.79 Å². The van der Waals surface area contributed by atoms with E-state index in [2.05, 4.69) is 24.4 Å². The number of nitrogens with one attached hydrogen (secondary N) is 1. The minimum Gasteiger partial charge on any atom is -0.497 e. The maximum atomic E-state index is 13.6. The average molecular weight is 535 g/mol. The molecule has 3 rings (SSSR count). The number of methoxy groups -OCH3 is 2. The van der Waals surface area contributed by atoms with Gasteiger partial charge in [0, 0.05) is 44.7 Å². The summed E-state index contributed by atoms with van der Waals surface area (Å²) in [6, 6.07) is 7.93. The third-order valence-electron chi connectivity index (χ3n) is 6.28. The summed E-state index contributed by atoms with van der Waals surface area (Å²) in [4.78, 5) is 26.2. The molecule has 2 heterocycles. The molecule has 1 atom stereocenters. The third-order valence-corrected chi connectivity index (χ3v) is 7.36. The Bertz CT molecular complexity index is 924. The second-order valence-electron chi connectivity index (χ2n) is 8.26. The fourth-order valence-corrected chi connectivity index (χ4v) is 5.65. The summed E-state index contributed by atoms with van der Waals surface area (Å²) in [5.74, 6) is 0.389. The van der Waals surface area contributed by atoms with Crippen molar-refractivity contribution in [3.8, 4) is 5.75 Å². The van der Waals surface area contributed by atoms with E-state index in [1.807, 2.05) is 24.4 Å². The van der Waals surface area contributed by atoms with E-state index in [0.717, 1.165) is 54.7 Å². The van der Waals surface area contributed by atoms with Gasteiger partial charge in [0.05, 0.1) is 33.0 Å². The van der Waals surface area contributed by atoms with Gasteiger partial charge < -0.3 is 19.3 Å². The van der Waals surface area contributed by atoms with Gasteiger partial charge in [-0.1, -0.05) is 19.1 Å². The molecule has 1 amide bonds. The number of anilines is 1. The summed E-state index contributed by atoms with van der Waals surface area (Å²) in [5.41, 5.74) is 2.64. The Morgan fingerprint density at radius 2 is 1.91 bits per heavy atom. The molecule has 1 N–H and O–H groups in total. The number of thiophene rings is 1. The van der Waals surface area contributed by atoms with E-state index >= 15 is 0 Å². The van der Waals surface area contributed by atoms with Crippen molar-refractivity contribution in [2.24, 2.45) is 0 Å². The Kier molecular flexibility index (Phi) is 10.3. The molecular formula is C24H33N2O4SY+. The SMILES string of the molecule is CCC(C(=O)Nc1c(C)csc1C(=O)OC)[N+]1(Cc2cccc(OC)c2)CCCCC1.[Y]. The van der Waals surface area contributed by atoms with Gasteiger partial charge in [0.25, 0.3) is 5.91 Å². The van der Waals surface area contributed by atoms with E-state index in [1.165, 1.54) is 30.4 Å². The van der Waals surface area contributed by atoms with Gasteiger partial charge in [-0.2, -0.15) is 0 Å². The normalized spacial score (nSPS) is 15.9.